The summed E-state index contributed by atoms with van der Waals surface area (Å²) < 4.78 is 0. The van der Waals surface area contributed by atoms with Crippen molar-refractivity contribution in [2.24, 2.45) is 22.7 Å². The molecule has 2 aliphatic carbocycles. The highest BCUT2D eigenvalue weighted by Crippen LogP contribution is 2.40. The van der Waals surface area contributed by atoms with Gasteiger partial charge in [-0.1, -0.05) is 41.5 Å². The fourth-order valence-electron chi connectivity index (χ4n) is 4.21. The van der Waals surface area contributed by atoms with Gasteiger partial charge < -0.3 is 15.0 Å². The first-order chi connectivity index (χ1) is 11.9. The van der Waals surface area contributed by atoms with Gasteiger partial charge in [0.15, 0.2) is 0 Å². The molecule has 0 heterocycles. The minimum atomic E-state index is -2.33. The van der Waals surface area contributed by atoms with Crippen LogP contribution in [0.1, 0.15) is 92.9 Å². The molecular weight excluding hydrogens is 332 g/mol. The summed E-state index contributed by atoms with van der Waals surface area (Å²) in [6.07, 6.45) is 8.14. The van der Waals surface area contributed by atoms with Gasteiger partial charge in [-0.05, 0) is 80.2 Å². The molecule has 0 N–H and O–H groups in total. The second-order valence-corrected chi connectivity index (χ2v) is 10.1. The maximum atomic E-state index is 8.33. The average Bonchev–Trinajstić information content (AvgIpc) is 2.51. The predicted molar refractivity (Wildman–Crippen MR) is 98.0 cm³/mol. The Labute approximate surface area is 159 Å². The summed E-state index contributed by atoms with van der Waals surface area (Å²) >= 11 is 0. The highest BCUT2D eigenvalue weighted by molar-refractivity contribution is 5.47. The summed E-state index contributed by atoms with van der Waals surface area (Å²) in [5, 5.41) is 16.7. The van der Waals surface area contributed by atoms with Crippen LogP contribution in [0.5, 0.6) is 0 Å². The van der Waals surface area contributed by atoms with E-state index in [0.717, 1.165) is 11.8 Å². The van der Waals surface area contributed by atoms with E-state index < -0.39 is 6.16 Å². The molecule has 0 saturated heterocycles. The monoisotopic (exact) mass is 370 g/mol. The number of hydrogen-bond acceptors (Lipinski definition) is 5. The van der Waals surface area contributed by atoms with Crippen molar-refractivity contribution >= 4 is 6.16 Å². The Balaban J connectivity index is 0.000000765. The number of rotatable bonds is 3. The maximum absolute atomic E-state index is 8.33. The fourth-order valence-corrected chi connectivity index (χ4v) is 4.21. The van der Waals surface area contributed by atoms with E-state index in [4.69, 9.17) is 24.8 Å². The van der Waals surface area contributed by atoms with Crippen LogP contribution in [0, 0.1) is 22.7 Å². The third-order valence-corrected chi connectivity index (χ3v) is 6.13. The van der Waals surface area contributed by atoms with Crippen LogP contribution in [-0.2, 0) is 9.78 Å². The van der Waals surface area contributed by atoms with Crippen LogP contribution in [0.15, 0.2) is 0 Å². The van der Waals surface area contributed by atoms with Crippen molar-refractivity contribution in [1.82, 2.24) is 0 Å². The third kappa shape index (κ3) is 8.72. The van der Waals surface area contributed by atoms with Crippen LogP contribution in [0.3, 0.4) is 0 Å². The number of hydrogen-bond donors (Lipinski definition) is 0. The molecule has 0 radical (unpaired) electrons. The van der Waals surface area contributed by atoms with Gasteiger partial charge in [0.2, 0.25) is 0 Å². The first-order valence-corrected chi connectivity index (χ1v) is 10.1. The van der Waals surface area contributed by atoms with Crippen molar-refractivity contribution < 1.29 is 24.8 Å². The molecule has 0 aromatic heterocycles. The lowest BCUT2D eigenvalue weighted by Gasteiger charge is -2.38. The summed E-state index contributed by atoms with van der Waals surface area (Å²) in [5.74, 6) is 1.68. The molecule has 0 aromatic carbocycles. The minimum Gasteiger partial charge on any atom is -0.652 e. The van der Waals surface area contributed by atoms with Gasteiger partial charge in [-0.25, -0.2) is 9.78 Å². The molecule has 0 unspecified atom stereocenters. The summed E-state index contributed by atoms with van der Waals surface area (Å²) in [4.78, 5) is 19.9. The topological polar surface area (TPSA) is 81.7 Å². The molecular formula is C21H38O5-2. The van der Waals surface area contributed by atoms with Crippen molar-refractivity contribution in [2.45, 2.75) is 105 Å². The van der Waals surface area contributed by atoms with Crippen molar-refractivity contribution in [3.8, 4) is 0 Å². The largest absolute Gasteiger partial charge is 0.652 e. The first kappa shape index (κ1) is 23.2. The smallest absolute Gasteiger partial charge is 0.0930 e. The third-order valence-electron chi connectivity index (χ3n) is 6.13. The van der Waals surface area contributed by atoms with Crippen molar-refractivity contribution in [3.63, 3.8) is 0 Å². The molecule has 154 valence electrons. The Morgan fingerprint density at radius 1 is 0.654 bits per heavy atom. The highest BCUT2D eigenvalue weighted by atomic mass is 17.2. The lowest BCUT2D eigenvalue weighted by Crippen LogP contribution is -2.37. The van der Waals surface area contributed by atoms with Gasteiger partial charge in [-0.2, -0.15) is 0 Å². The van der Waals surface area contributed by atoms with Crippen molar-refractivity contribution in [2.75, 3.05) is 0 Å². The van der Waals surface area contributed by atoms with E-state index in [1.807, 2.05) is 0 Å². The van der Waals surface area contributed by atoms with Gasteiger partial charge in [-0.3, -0.25) is 0 Å². The Hall–Kier alpha value is -0.810. The molecule has 0 aliphatic heterocycles. The molecule has 0 bridgehead atoms. The van der Waals surface area contributed by atoms with Crippen LogP contribution < -0.4 is 10.2 Å². The summed E-state index contributed by atoms with van der Waals surface area (Å²) in [5.41, 5.74) is 0.883. The molecule has 2 fully saturated rings. The van der Waals surface area contributed by atoms with E-state index >= 15 is 0 Å². The summed E-state index contributed by atoms with van der Waals surface area (Å²) in [6.45, 7) is 14.2. The molecule has 0 aromatic rings. The van der Waals surface area contributed by atoms with Crippen LogP contribution in [0.4, 0.5) is 4.79 Å². The molecule has 0 amide bonds. The van der Waals surface area contributed by atoms with Crippen LogP contribution in [0.2, 0.25) is 0 Å². The van der Waals surface area contributed by atoms with E-state index in [2.05, 4.69) is 41.5 Å². The summed E-state index contributed by atoms with van der Waals surface area (Å²) in [6, 6.07) is 0. The maximum Gasteiger partial charge on any atom is 0.0930 e. The van der Waals surface area contributed by atoms with Gasteiger partial charge in [0, 0.05) is 0 Å². The lowest BCUT2D eigenvalue weighted by molar-refractivity contribution is -0.415. The van der Waals surface area contributed by atoms with Crippen LogP contribution in [0.25, 0.3) is 0 Å². The van der Waals surface area contributed by atoms with E-state index in [9.17, 15) is 0 Å². The van der Waals surface area contributed by atoms with E-state index in [-0.39, 0.29) is 0 Å². The van der Waals surface area contributed by atoms with Gasteiger partial charge in [0.1, 0.15) is 0 Å². The molecule has 2 saturated carbocycles. The van der Waals surface area contributed by atoms with Gasteiger partial charge >= 0.3 is 0 Å². The quantitative estimate of drug-likeness (QED) is 0.559. The predicted octanol–water partition coefficient (Wildman–Crippen LogP) is 3.70. The fraction of sp³-hybridized carbons (Fsp3) is 0.952. The molecule has 26 heavy (non-hydrogen) atoms. The number of carbonyl (C=O) groups is 1. The van der Waals surface area contributed by atoms with E-state index in [0.29, 0.717) is 23.0 Å². The van der Waals surface area contributed by atoms with Gasteiger partial charge in [0.05, 0.1) is 12.2 Å². The molecule has 2 aliphatic rings. The molecule has 5 nitrogen and oxygen atoms in total. The Kier molecular flexibility index (Phi) is 8.87. The van der Waals surface area contributed by atoms with Gasteiger partial charge in [0.25, 0.3) is 0 Å². The van der Waals surface area contributed by atoms with Gasteiger partial charge in [-0.15, -0.1) is 0 Å². The van der Waals surface area contributed by atoms with Crippen LogP contribution >= 0.6 is 0 Å². The zero-order valence-electron chi connectivity index (χ0n) is 17.5. The Bertz CT molecular complexity index is 367. The molecule has 2 rings (SSSR count). The normalized spacial score (nSPS) is 30.2. The number of carboxylic acid groups (broad SMARTS) is 2. The minimum absolute atomic E-state index is 0.332. The Morgan fingerprint density at radius 3 is 1.08 bits per heavy atom. The molecule has 5 heteroatoms. The Morgan fingerprint density at radius 2 is 0.885 bits per heavy atom. The second kappa shape index (κ2) is 9.93. The average molecular weight is 371 g/mol. The first-order valence-electron chi connectivity index (χ1n) is 10.1. The molecule has 0 spiro atoms. The lowest BCUT2D eigenvalue weighted by atomic mass is 9.72. The zero-order chi connectivity index (χ0) is 20.0. The zero-order valence-corrected chi connectivity index (χ0v) is 17.5. The highest BCUT2D eigenvalue weighted by Gasteiger charge is 2.33. The number of carbonyl (C=O) groups excluding carboxylic acids is 1. The summed E-state index contributed by atoms with van der Waals surface area (Å²) in [7, 11) is 0. The SMILES string of the molecule is CC(C)(C)C1CCC(OOC2CCC(C(C)(C)C)CC2)CC1.O=C([O-])[O-]. The van der Waals surface area contributed by atoms with Crippen LogP contribution in [-0.4, -0.2) is 18.4 Å². The van der Waals surface area contributed by atoms with Crippen molar-refractivity contribution in [1.29, 1.82) is 0 Å². The standard InChI is InChI=1S/C20H38O2.CH2O3/c1-19(2,3)15-7-11-17(12-8-15)21-22-18-13-9-16(10-14-18)20(4,5)6;2-1(3)4/h15-18H,7-14H2,1-6H3;(H2,2,3,4)/p-2. The van der Waals surface area contributed by atoms with Crippen molar-refractivity contribution in [3.05, 3.63) is 0 Å². The van der Waals surface area contributed by atoms with E-state index in [1.165, 1.54) is 51.4 Å². The molecule has 0 atom stereocenters. The second-order valence-electron chi connectivity index (χ2n) is 10.1. The van der Waals surface area contributed by atoms with E-state index in [1.54, 1.807) is 0 Å².